The zero-order valence-electron chi connectivity index (χ0n) is 10.4. The van der Waals surface area contributed by atoms with Crippen LogP contribution in [0.1, 0.15) is 5.56 Å². The van der Waals surface area contributed by atoms with Crippen LogP contribution in [0.5, 0.6) is 5.88 Å². The number of aromatic nitrogens is 1. The van der Waals surface area contributed by atoms with Gasteiger partial charge in [-0.05, 0) is 18.2 Å². The van der Waals surface area contributed by atoms with E-state index in [1.165, 1.54) is 19.2 Å². The Balaban J connectivity index is 2.82. The molecule has 0 atom stereocenters. The minimum absolute atomic E-state index is 0.0150. The molecule has 21 heavy (non-hydrogen) atoms. The van der Waals surface area contributed by atoms with E-state index in [4.69, 9.17) is 39.5 Å². The van der Waals surface area contributed by atoms with Crippen LogP contribution in [0.4, 0.5) is 13.2 Å². The Morgan fingerprint density at radius 2 is 1.67 bits per heavy atom. The lowest BCUT2D eigenvalue weighted by Gasteiger charge is -2.16. The van der Waals surface area contributed by atoms with Crippen LogP contribution < -0.4 is 4.74 Å². The summed E-state index contributed by atoms with van der Waals surface area (Å²) in [6.45, 7) is 0. The second kappa shape index (κ2) is 5.91. The van der Waals surface area contributed by atoms with E-state index in [0.717, 1.165) is 12.3 Å². The first-order chi connectivity index (χ1) is 9.75. The highest BCUT2D eigenvalue weighted by atomic mass is 35.5. The maximum Gasteiger partial charge on any atom is 0.417 e. The summed E-state index contributed by atoms with van der Waals surface area (Å²) in [7, 11) is 1.22. The van der Waals surface area contributed by atoms with Gasteiger partial charge in [0, 0.05) is 11.8 Å². The van der Waals surface area contributed by atoms with Crippen molar-refractivity contribution < 1.29 is 17.9 Å². The van der Waals surface area contributed by atoms with E-state index in [1.54, 1.807) is 0 Å². The molecule has 0 unspecified atom stereocenters. The van der Waals surface area contributed by atoms with Crippen LogP contribution in [-0.2, 0) is 6.18 Å². The SMILES string of the molecule is COc1nccc(C(F)(F)F)c1-c1cc(Cl)c(Cl)cc1Cl. The van der Waals surface area contributed by atoms with E-state index in [1.807, 2.05) is 0 Å². The molecule has 0 N–H and O–H groups in total. The molecule has 0 bridgehead atoms. The second-order valence-corrected chi connectivity index (χ2v) is 5.21. The molecule has 0 radical (unpaired) electrons. The highest BCUT2D eigenvalue weighted by Crippen LogP contribution is 2.45. The van der Waals surface area contributed by atoms with Crippen molar-refractivity contribution in [3.8, 4) is 17.0 Å². The van der Waals surface area contributed by atoms with Gasteiger partial charge in [0.15, 0.2) is 0 Å². The van der Waals surface area contributed by atoms with Crippen molar-refractivity contribution in [3.05, 3.63) is 45.0 Å². The van der Waals surface area contributed by atoms with Crippen molar-refractivity contribution in [2.45, 2.75) is 6.18 Å². The summed E-state index contributed by atoms with van der Waals surface area (Å²) in [5.41, 5.74) is -1.16. The number of alkyl halides is 3. The van der Waals surface area contributed by atoms with Crippen molar-refractivity contribution >= 4 is 34.8 Å². The van der Waals surface area contributed by atoms with Crippen LogP contribution in [0.3, 0.4) is 0 Å². The maximum absolute atomic E-state index is 13.2. The number of ether oxygens (including phenoxy) is 1. The van der Waals surface area contributed by atoms with Gasteiger partial charge in [0.05, 0.1) is 33.3 Å². The summed E-state index contributed by atoms with van der Waals surface area (Å²) in [6.07, 6.45) is -3.59. The Morgan fingerprint density at radius 1 is 1.05 bits per heavy atom. The van der Waals surface area contributed by atoms with Crippen LogP contribution in [0.15, 0.2) is 24.4 Å². The van der Waals surface area contributed by atoms with Gasteiger partial charge in [-0.15, -0.1) is 0 Å². The molecular formula is C13H7Cl3F3NO. The average molecular weight is 357 g/mol. The molecule has 0 aliphatic heterocycles. The number of hydrogen-bond acceptors (Lipinski definition) is 2. The van der Waals surface area contributed by atoms with Crippen molar-refractivity contribution in [1.82, 2.24) is 4.98 Å². The van der Waals surface area contributed by atoms with E-state index >= 15 is 0 Å². The van der Waals surface area contributed by atoms with Crippen molar-refractivity contribution in [3.63, 3.8) is 0 Å². The number of methoxy groups -OCH3 is 1. The smallest absolute Gasteiger partial charge is 0.417 e. The van der Waals surface area contributed by atoms with E-state index in [0.29, 0.717) is 0 Å². The molecule has 1 aromatic carbocycles. The summed E-state index contributed by atoms with van der Waals surface area (Å²) in [5.74, 6) is -0.204. The number of rotatable bonds is 2. The van der Waals surface area contributed by atoms with Gasteiger partial charge in [-0.2, -0.15) is 13.2 Å². The van der Waals surface area contributed by atoms with Crippen LogP contribution in [0.25, 0.3) is 11.1 Å². The average Bonchev–Trinajstić information content (AvgIpc) is 2.41. The topological polar surface area (TPSA) is 22.1 Å². The summed E-state index contributed by atoms with van der Waals surface area (Å²) in [6, 6.07) is 3.37. The number of nitrogens with zero attached hydrogens (tertiary/aromatic N) is 1. The molecule has 1 heterocycles. The molecule has 0 amide bonds. The molecule has 112 valence electrons. The molecule has 0 saturated carbocycles. The highest BCUT2D eigenvalue weighted by molar-refractivity contribution is 6.44. The molecular weight excluding hydrogens is 350 g/mol. The Kier molecular flexibility index (Phi) is 4.56. The van der Waals surface area contributed by atoms with Gasteiger partial charge in [0.1, 0.15) is 0 Å². The molecule has 0 aliphatic carbocycles. The molecule has 0 aliphatic rings. The fourth-order valence-corrected chi connectivity index (χ4v) is 2.45. The monoisotopic (exact) mass is 355 g/mol. The number of halogens is 6. The number of benzene rings is 1. The second-order valence-electron chi connectivity index (χ2n) is 3.99. The number of hydrogen-bond donors (Lipinski definition) is 0. The molecule has 1 aromatic heterocycles. The number of pyridine rings is 1. The van der Waals surface area contributed by atoms with Crippen LogP contribution in [0.2, 0.25) is 15.1 Å². The first-order valence-corrected chi connectivity index (χ1v) is 6.64. The van der Waals surface area contributed by atoms with E-state index in [9.17, 15) is 13.2 Å². The summed E-state index contributed by atoms with van der Waals surface area (Å²) in [5, 5.41) is 0.234. The summed E-state index contributed by atoms with van der Waals surface area (Å²) in [4.78, 5) is 3.78. The summed E-state index contributed by atoms with van der Waals surface area (Å²) < 4.78 is 44.4. The molecule has 2 nitrogen and oxygen atoms in total. The molecule has 2 aromatic rings. The third kappa shape index (κ3) is 3.20. The molecule has 2 rings (SSSR count). The lowest BCUT2D eigenvalue weighted by molar-refractivity contribution is -0.137. The van der Waals surface area contributed by atoms with E-state index in [2.05, 4.69) is 4.98 Å². The first-order valence-electron chi connectivity index (χ1n) is 5.50. The van der Waals surface area contributed by atoms with Gasteiger partial charge in [-0.1, -0.05) is 34.8 Å². The van der Waals surface area contributed by atoms with Crippen LogP contribution >= 0.6 is 34.8 Å². The largest absolute Gasteiger partial charge is 0.481 e. The third-order valence-electron chi connectivity index (χ3n) is 2.69. The van der Waals surface area contributed by atoms with Gasteiger partial charge < -0.3 is 4.74 Å². The van der Waals surface area contributed by atoms with Crippen LogP contribution in [-0.4, -0.2) is 12.1 Å². The fraction of sp³-hybridized carbons (Fsp3) is 0.154. The van der Waals surface area contributed by atoms with Gasteiger partial charge in [0.25, 0.3) is 0 Å². The van der Waals surface area contributed by atoms with Gasteiger partial charge >= 0.3 is 6.18 Å². The lowest BCUT2D eigenvalue weighted by Crippen LogP contribution is -2.09. The fourth-order valence-electron chi connectivity index (χ4n) is 1.81. The Bertz CT molecular complexity index is 689. The summed E-state index contributed by atoms with van der Waals surface area (Å²) >= 11 is 17.6. The lowest BCUT2D eigenvalue weighted by atomic mass is 10.0. The Labute approximate surface area is 133 Å². The Hall–Kier alpha value is -1.17. The minimum Gasteiger partial charge on any atom is -0.481 e. The zero-order chi connectivity index (χ0) is 15.8. The normalized spacial score (nSPS) is 11.6. The van der Waals surface area contributed by atoms with Crippen molar-refractivity contribution in [2.24, 2.45) is 0 Å². The highest BCUT2D eigenvalue weighted by Gasteiger charge is 2.36. The molecule has 0 saturated heterocycles. The quantitative estimate of drug-likeness (QED) is 0.640. The zero-order valence-corrected chi connectivity index (χ0v) is 12.7. The van der Waals surface area contributed by atoms with Gasteiger partial charge in [-0.25, -0.2) is 4.98 Å². The van der Waals surface area contributed by atoms with Crippen LogP contribution in [0, 0.1) is 0 Å². The Morgan fingerprint density at radius 3 is 2.24 bits per heavy atom. The van der Waals surface area contributed by atoms with E-state index < -0.39 is 11.7 Å². The predicted octanol–water partition coefficient (Wildman–Crippen LogP) is 5.74. The maximum atomic E-state index is 13.2. The predicted molar refractivity (Wildman–Crippen MR) is 76.3 cm³/mol. The first kappa shape index (κ1) is 16.2. The van der Waals surface area contributed by atoms with E-state index in [-0.39, 0.29) is 32.1 Å². The van der Waals surface area contributed by atoms with Gasteiger partial charge in [0.2, 0.25) is 5.88 Å². The standard InChI is InChI=1S/C13H7Cl3F3NO/c1-21-12-11(7(2-3-20-12)13(17,18)19)6-4-9(15)10(16)5-8(6)14/h2-5H,1H3. The molecule has 0 fully saturated rings. The molecule has 8 heteroatoms. The van der Waals surface area contributed by atoms with Crippen molar-refractivity contribution in [2.75, 3.05) is 7.11 Å². The van der Waals surface area contributed by atoms with Gasteiger partial charge in [-0.3, -0.25) is 0 Å². The third-order valence-corrected chi connectivity index (χ3v) is 3.73. The minimum atomic E-state index is -4.60. The molecule has 0 spiro atoms. The van der Waals surface area contributed by atoms with Crippen molar-refractivity contribution in [1.29, 1.82) is 0 Å².